The second-order valence-corrected chi connectivity index (χ2v) is 7.47. The van der Waals surface area contributed by atoms with Crippen LogP contribution in [0.3, 0.4) is 0 Å². The van der Waals surface area contributed by atoms with Gasteiger partial charge in [-0.2, -0.15) is 52.3 Å². The molecule has 0 aliphatic carbocycles. The van der Waals surface area contributed by atoms with Gasteiger partial charge in [-0.15, -0.1) is 0 Å². The summed E-state index contributed by atoms with van der Waals surface area (Å²) in [6.45, 7) is 1.000. The molecule has 0 saturated carbocycles. The summed E-state index contributed by atoms with van der Waals surface area (Å²) in [7, 11) is -6.77. The Morgan fingerprint density at radius 2 is 1.55 bits per heavy atom. The van der Waals surface area contributed by atoms with Crippen molar-refractivity contribution in [2.24, 2.45) is 0 Å². The Kier molecular flexibility index (Phi) is 7.47. The van der Waals surface area contributed by atoms with Gasteiger partial charge in [0.25, 0.3) is 0 Å². The summed E-state index contributed by atoms with van der Waals surface area (Å²) in [5.74, 6) is -15.1. The maximum absolute atomic E-state index is 14.4. The van der Waals surface area contributed by atoms with Crippen molar-refractivity contribution in [1.82, 2.24) is 0 Å². The largest absolute Gasteiger partial charge is 0.534 e. The Morgan fingerprint density at radius 3 is 1.97 bits per heavy atom. The van der Waals surface area contributed by atoms with Crippen LogP contribution in [0.15, 0.2) is 29.8 Å². The first-order valence-corrected chi connectivity index (χ1v) is 9.36. The second-order valence-electron chi connectivity index (χ2n) is 5.93. The fourth-order valence-electron chi connectivity index (χ4n) is 2.21. The van der Waals surface area contributed by atoms with Crippen LogP contribution in [0.1, 0.15) is 35.7 Å². The molecule has 4 nitrogen and oxygen atoms in total. The first kappa shape index (κ1) is 26.7. The quantitative estimate of drug-likeness (QED) is 0.154. The van der Waals surface area contributed by atoms with Gasteiger partial charge >= 0.3 is 33.6 Å². The second kappa shape index (κ2) is 8.67. The third kappa shape index (κ3) is 5.30. The SMILES string of the molecule is CCC/C(=C(\OS(=O)(=O)C(F)(F)F)c1cccc(C=O)c1)C(F)(F)C(F)(F)C(F)(F)F. The van der Waals surface area contributed by atoms with Crippen molar-refractivity contribution in [3.05, 3.63) is 41.0 Å². The van der Waals surface area contributed by atoms with E-state index in [4.69, 9.17) is 0 Å². The number of carbonyl (C=O) groups excluding carboxylic acids is 1. The summed E-state index contributed by atoms with van der Waals surface area (Å²) in [6.07, 6.45) is -8.85. The fraction of sp³-hybridized carbons (Fsp3) is 0.438. The van der Waals surface area contributed by atoms with E-state index in [0.29, 0.717) is 12.1 Å². The molecular weight excluding hydrogens is 478 g/mol. The van der Waals surface area contributed by atoms with Gasteiger partial charge in [0, 0.05) is 16.7 Å². The summed E-state index contributed by atoms with van der Waals surface area (Å²) in [5.41, 5.74) is -10.1. The maximum atomic E-state index is 14.4. The molecule has 176 valence electrons. The van der Waals surface area contributed by atoms with Crippen molar-refractivity contribution in [3.63, 3.8) is 0 Å². The Bertz CT molecular complexity index is 946. The van der Waals surface area contributed by atoms with Gasteiger partial charge < -0.3 is 4.18 Å². The van der Waals surface area contributed by atoms with E-state index in [0.717, 1.165) is 19.1 Å². The standard InChI is InChI=1S/C16H12F10O4S/c1-2-4-11(13(17,18)14(19,20)15(21,22)23)12(30-31(28,29)16(24,25)26)10-6-3-5-9(7-10)8-27/h3,5-8H,2,4H2,1H3/b12-11+. The smallest absolute Gasteiger partial charge is 0.375 e. The van der Waals surface area contributed by atoms with Gasteiger partial charge in [0.15, 0.2) is 5.76 Å². The Balaban J connectivity index is 4.02. The van der Waals surface area contributed by atoms with Gasteiger partial charge in [-0.1, -0.05) is 31.5 Å². The molecule has 31 heavy (non-hydrogen) atoms. The molecule has 0 spiro atoms. The summed E-state index contributed by atoms with van der Waals surface area (Å²) < 4.78 is 158. The van der Waals surface area contributed by atoms with Crippen LogP contribution in [0.2, 0.25) is 0 Å². The van der Waals surface area contributed by atoms with Crippen molar-refractivity contribution >= 4 is 22.2 Å². The van der Waals surface area contributed by atoms with E-state index in [1.807, 2.05) is 0 Å². The van der Waals surface area contributed by atoms with Gasteiger partial charge in [0.1, 0.15) is 6.29 Å². The molecule has 0 bridgehead atoms. The lowest BCUT2D eigenvalue weighted by atomic mass is 9.93. The Labute approximate surface area is 168 Å². The fourth-order valence-corrected chi connectivity index (χ4v) is 2.72. The summed E-state index contributed by atoms with van der Waals surface area (Å²) in [6, 6.07) is 2.86. The summed E-state index contributed by atoms with van der Waals surface area (Å²) in [5, 5.41) is 0. The minimum atomic E-state index is -6.85. The summed E-state index contributed by atoms with van der Waals surface area (Å²) in [4.78, 5) is 10.8. The van der Waals surface area contributed by atoms with Crippen LogP contribution in [0, 0.1) is 0 Å². The van der Waals surface area contributed by atoms with Crippen LogP contribution in [0.25, 0.3) is 5.76 Å². The highest BCUT2D eigenvalue weighted by molar-refractivity contribution is 7.87. The lowest BCUT2D eigenvalue weighted by molar-refractivity contribution is -0.344. The molecule has 0 heterocycles. The van der Waals surface area contributed by atoms with Crippen molar-refractivity contribution < 1.29 is 61.3 Å². The number of aldehydes is 1. The molecule has 0 radical (unpaired) electrons. The molecule has 1 aromatic rings. The van der Waals surface area contributed by atoms with Crippen molar-refractivity contribution in [2.45, 2.75) is 43.3 Å². The minimum absolute atomic E-state index is 0.0291. The van der Waals surface area contributed by atoms with Crippen LogP contribution in [-0.4, -0.2) is 38.2 Å². The number of hydrogen-bond acceptors (Lipinski definition) is 4. The molecule has 0 aliphatic rings. The third-order valence-corrected chi connectivity index (χ3v) is 4.62. The predicted molar refractivity (Wildman–Crippen MR) is 85.7 cm³/mol. The van der Waals surface area contributed by atoms with Gasteiger partial charge in [-0.05, 0) is 12.5 Å². The number of benzene rings is 1. The zero-order chi connectivity index (χ0) is 24.5. The van der Waals surface area contributed by atoms with E-state index >= 15 is 0 Å². The molecule has 15 heteroatoms. The van der Waals surface area contributed by atoms with E-state index in [1.54, 1.807) is 0 Å². The number of halogens is 10. The minimum Gasteiger partial charge on any atom is -0.375 e. The molecule has 0 saturated heterocycles. The highest BCUT2D eigenvalue weighted by Gasteiger charge is 2.74. The van der Waals surface area contributed by atoms with Crippen LogP contribution < -0.4 is 0 Å². The number of allylic oxidation sites excluding steroid dienone is 1. The van der Waals surface area contributed by atoms with Crippen LogP contribution in [-0.2, 0) is 14.3 Å². The molecular formula is C16H12F10O4S. The predicted octanol–water partition coefficient (Wildman–Crippen LogP) is 5.71. The van der Waals surface area contributed by atoms with E-state index in [-0.39, 0.29) is 6.29 Å². The first-order valence-electron chi connectivity index (χ1n) is 7.95. The zero-order valence-corrected chi connectivity index (χ0v) is 15.9. The highest BCUT2D eigenvalue weighted by Crippen LogP contribution is 2.52. The van der Waals surface area contributed by atoms with Crippen LogP contribution >= 0.6 is 0 Å². The number of alkyl halides is 10. The molecule has 0 aromatic heterocycles. The monoisotopic (exact) mass is 490 g/mol. The topological polar surface area (TPSA) is 60.4 Å². The van der Waals surface area contributed by atoms with E-state index < -0.39 is 68.9 Å². The van der Waals surface area contributed by atoms with Gasteiger partial charge in [0.2, 0.25) is 0 Å². The van der Waals surface area contributed by atoms with E-state index in [2.05, 4.69) is 4.18 Å². The van der Waals surface area contributed by atoms with Gasteiger partial charge in [0.05, 0.1) is 0 Å². The lowest BCUT2D eigenvalue weighted by Gasteiger charge is -2.31. The average Bonchev–Trinajstić information content (AvgIpc) is 2.62. The van der Waals surface area contributed by atoms with Gasteiger partial charge in [-0.25, -0.2) is 0 Å². The van der Waals surface area contributed by atoms with Gasteiger partial charge in [-0.3, -0.25) is 4.79 Å². The Morgan fingerprint density at radius 1 is 1.00 bits per heavy atom. The average molecular weight is 490 g/mol. The molecule has 0 atom stereocenters. The molecule has 0 N–H and O–H groups in total. The number of rotatable bonds is 8. The third-order valence-electron chi connectivity index (χ3n) is 3.66. The molecule has 0 unspecified atom stereocenters. The Hall–Kier alpha value is -2.32. The zero-order valence-electron chi connectivity index (χ0n) is 15.1. The normalized spacial score (nSPS) is 14.8. The highest BCUT2D eigenvalue weighted by atomic mass is 32.2. The maximum Gasteiger partial charge on any atom is 0.534 e. The molecule has 0 aliphatic heterocycles. The van der Waals surface area contributed by atoms with Crippen molar-refractivity contribution in [2.75, 3.05) is 0 Å². The molecule has 0 amide bonds. The van der Waals surface area contributed by atoms with Crippen molar-refractivity contribution in [1.29, 1.82) is 0 Å². The van der Waals surface area contributed by atoms with Crippen molar-refractivity contribution in [3.8, 4) is 0 Å². The van der Waals surface area contributed by atoms with E-state index in [1.165, 1.54) is 0 Å². The lowest BCUT2D eigenvalue weighted by Crippen LogP contribution is -2.53. The molecule has 0 fully saturated rings. The van der Waals surface area contributed by atoms with Crippen LogP contribution in [0.4, 0.5) is 43.9 Å². The number of hydrogen-bond donors (Lipinski definition) is 0. The summed E-state index contributed by atoms with van der Waals surface area (Å²) >= 11 is 0. The molecule has 1 aromatic carbocycles. The van der Waals surface area contributed by atoms with E-state index in [9.17, 15) is 57.1 Å². The first-order chi connectivity index (χ1) is 13.8. The van der Waals surface area contributed by atoms with Crippen LogP contribution in [0.5, 0.6) is 0 Å². The molecule has 1 rings (SSSR count). The number of carbonyl (C=O) groups is 1.